The topological polar surface area (TPSA) is 50.8 Å². The summed E-state index contributed by atoms with van der Waals surface area (Å²) < 4.78 is 8.39. The molecule has 0 unspecified atom stereocenters. The van der Waals surface area contributed by atoms with E-state index in [-0.39, 0.29) is 0 Å². The average Bonchev–Trinajstić information content (AvgIpc) is 2.70. The Morgan fingerprint density at radius 2 is 2.15 bits per heavy atom. The number of hydrogen-bond acceptors (Lipinski definition) is 3. The molecule has 0 N–H and O–H groups in total. The molecule has 0 atom stereocenters. The zero-order valence-electron chi connectivity index (χ0n) is 12.0. The maximum absolute atomic E-state index is 9.22. The van der Waals surface area contributed by atoms with Crippen LogP contribution in [-0.2, 0) is 11.5 Å². The highest BCUT2D eigenvalue weighted by Gasteiger charge is 2.13. The smallest absolute Gasteiger partial charge is 0.124 e. The maximum atomic E-state index is 9.22. The van der Waals surface area contributed by atoms with Gasteiger partial charge in [-0.1, -0.05) is 19.6 Å². The molecular formula is C14H18BrN3OSi. The molecule has 0 aliphatic rings. The summed E-state index contributed by atoms with van der Waals surface area (Å²) in [5.74, 6) is 0. The van der Waals surface area contributed by atoms with E-state index in [1.54, 1.807) is 6.20 Å². The predicted octanol–water partition coefficient (Wildman–Crippen LogP) is 3.98. The Balaban J connectivity index is 2.15. The van der Waals surface area contributed by atoms with Crippen molar-refractivity contribution in [2.75, 3.05) is 6.61 Å². The number of ether oxygens (including phenoxy) is 1. The molecular weight excluding hydrogens is 334 g/mol. The highest BCUT2D eigenvalue weighted by Crippen LogP contribution is 2.22. The molecule has 2 rings (SSSR count). The van der Waals surface area contributed by atoms with E-state index in [2.05, 4.69) is 46.6 Å². The van der Waals surface area contributed by atoms with E-state index >= 15 is 0 Å². The van der Waals surface area contributed by atoms with Crippen LogP contribution in [0.3, 0.4) is 0 Å². The van der Waals surface area contributed by atoms with Gasteiger partial charge in [-0.25, -0.2) is 4.98 Å². The van der Waals surface area contributed by atoms with Crippen molar-refractivity contribution < 1.29 is 4.74 Å². The van der Waals surface area contributed by atoms with E-state index in [9.17, 15) is 5.26 Å². The number of fused-ring (bicyclic) bond motifs is 1. The molecule has 0 aromatic carbocycles. The summed E-state index contributed by atoms with van der Waals surface area (Å²) in [6.45, 7) is 8.11. The lowest BCUT2D eigenvalue weighted by Gasteiger charge is -2.16. The second kappa shape index (κ2) is 6.08. The number of nitriles is 1. The largest absolute Gasteiger partial charge is 0.361 e. The molecule has 0 radical (unpaired) electrons. The molecule has 106 valence electrons. The molecule has 2 aromatic heterocycles. The monoisotopic (exact) mass is 351 g/mol. The minimum absolute atomic E-state index is 0.403. The third kappa shape index (κ3) is 3.69. The van der Waals surface area contributed by atoms with Gasteiger partial charge in [0.25, 0.3) is 0 Å². The average molecular weight is 352 g/mol. The third-order valence-corrected chi connectivity index (χ3v) is 5.22. The molecule has 20 heavy (non-hydrogen) atoms. The Morgan fingerprint density at radius 1 is 1.40 bits per heavy atom. The summed E-state index contributed by atoms with van der Waals surface area (Å²) in [7, 11) is -1.08. The number of rotatable bonds is 5. The van der Waals surface area contributed by atoms with Gasteiger partial charge in [0.2, 0.25) is 0 Å². The van der Waals surface area contributed by atoms with Crippen LogP contribution in [0, 0.1) is 11.3 Å². The van der Waals surface area contributed by atoms with E-state index in [4.69, 9.17) is 4.74 Å². The van der Waals surface area contributed by atoms with Crippen LogP contribution in [0.15, 0.2) is 22.9 Å². The van der Waals surface area contributed by atoms with Crippen molar-refractivity contribution >= 4 is 34.9 Å². The normalized spacial score (nSPS) is 11.8. The van der Waals surface area contributed by atoms with Crippen LogP contribution in [0.1, 0.15) is 5.69 Å². The van der Waals surface area contributed by atoms with Crippen LogP contribution < -0.4 is 0 Å². The molecule has 4 nitrogen and oxygen atoms in total. The van der Waals surface area contributed by atoms with Crippen LogP contribution >= 0.6 is 15.9 Å². The quantitative estimate of drug-likeness (QED) is 0.465. The van der Waals surface area contributed by atoms with Crippen molar-refractivity contribution in [1.82, 2.24) is 9.55 Å². The Labute approximate surface area is 128 Å². The van der Waals surface area contributed by atoms with Gasteiger partial charge >= 0.3 is 0 Å². The molecule has 0 aliphatic carbocycles. The number of hydrogen-bond donors (Lipinski definition) is 0. The lowest BCUT2D eigenvalue weighted by Crippen LogP contribution is -2.22. The van der Waals surface area contributed by atoms with Crippen molar-refractivity contribution in [2.45, 2.75) is 32.4 Å². The summed E-state index contributed by atoms with van der Waals surface area (Å²) >= 11 is 3.34. The summed E-state index contributed by atoms with van der Waals surface area (Å²) in [6, 6.07) is 7.11. The third-order valence-electron chi connectivity index (χ3n) is 3.09. The number of pyridine rings is 1. The Kier molecular flexibility index (Phi) is 4.63. The standard InChI is InChI=1S/C14H18BrN3OSi/c1-20(2,3)5-4-19-10-18-12(8-16)6-11-7-14(15)17-9-13(11)18/h6-7,9H,4-5,10H2,1-3H3. The highest BCUT2D eigenvalue weighted by molar-refractivity contribution is 9.10. The minimum Gasteiger partial charge on any atom is -0.361 e. The minimum atomic E-state index is -1.08. The van der Waals surface area contributed by atoms with E-state index in [1.807, 2.05) is 16.7 Å². The van der Waals surface area contributed by atoms with Gasteiger partial charge in [-0.15, -0.1) is 0 Å². The number of halogens is 1. The molecule has 2 aromatic rings. The Morgan fingerprint density at radius 3 is 2.80 bits per heavy atom. The first kappa shape index (κ1) is 15.2. The van der Waals surface area contributed by atoms with Gasteiger partial charge in [0.1, 0.15) is 23.1 Å². The lowest BCUT2D eigenvalue weighted by atomic mass is 10.3. The van der Waals surface area contributed by atoms with Crippen molar-refractivity contribution in [3.05, 3.63) is 28.6 Å². The highest BCUT2D eigenvalue weighted by atomic mass is 79.9. The fraction of sp³-hybridized carbons (Fsp3) is 0.429. The van der Waals surface area contributed by atoms with E-state index in [1.165, 1.54) is 0 Å². The summed E-state index contributed by atoms with van der Waals surface area (Å²) in [4.78, 5) is 4.22. The number of aromatic nitrogens is 2. The first-order chi connectivity index (χ1) is 9.40. The van der Waals surface area contributed by atoms with Gasteiger partial charge in [0.15, 0.2) is 0 Å². The van der Waals surface area contributed by atoms with Crippen LogP contribution in [0.2, 0.25) is 25.7 Å². The fourth-order valence-corrected chi connectivity index (χ4v) is 3.00. The summed E-state index contributed by atoms with van der Waals surface area (Å²) in [5.41, 5.74) is 1.53. The second-order valence-corrected chi connectivity index (χ2v) is 12.4. The lowest BCUT2D eigenvalue weighted by molar-refractivity contribution is 0.0897. The molecule has 0 saturated heterocycles. The maximum Gasteiger partial charge on any atom is 0.124 e. The molecule has 0 spiro atoms. The van der Waals surface area contributed by atoms with Crippen LogP contribution in [0.4, 0.5) is 0 Å². The van der Waals surface area contributed by atoms with Crippen LogP contribution in [0.25, 0.3) is 10.9 Å². The molecule has 0 fully saturated rings. The SMILES string of the molecule is C[Si](C)(C)CCOCn1c(C#N)cc2cc(Br)ncc21. The van der Waals surface area contributed by atoms with E-state index in [0.29, 0.717) is 12.4 Å². The second-order valence-electron chi connectivity index (χ2n) is 5.98. The molecule has 0 aliphatic heterocycles. The van der Waals surface area contributed by atoms with Gasteiger partial charge in [-0.2, -0.15) is 5.26 Å². The van der Waals surface area contributed by atoms with E-state index in [0.717, 1.165) is 28.2 Å². The predicted molar refractivity (Wildman–Crippen MR) is 86.3 cm³/mol. The van der Waals surface area contributed by atoms with Gasteiger partial charge < -0.3 is 9.30 Å². The van der Waals surface area contributed by atoms with Crippen molar-refractivity contribution in [3.63, 3.8) is 0 Å². The molecule has 0 saturated carbocycles. The zero-order chi connectivity index (χ0) is 14.8. The van der Waals surface area contributed by atoms with Crippen LogP contribution in [-0.4, -0.2) is 24.2 Å². The van der Waals surface area contributed by atoms with E-state index < -0.39 is 8.07 Å². The van der Waals surface area contributed by atoms with Crippen molar-refractivity contribution in [1.29, 1.82) is 5.26 Å². The molecule has 0 bridgehead atoms. The van der Waals surface area contributed by atoms with Gasteiger partial charge in [0, 0.05) is 20.1 Å². The summed E-state index contributed by atoms with van der Waals surface area (Å²) in [6.07, 6.45) is 1.77. The van der Waals surface area contributed by atoms with Gasteiger partial charge in [-0.05, 0) is 34.1 Å². The Bertz CT molecular complexity index is 655. The first-order valence-electron chi connectivity index (χ1n) is 6.53. The molecule has 6 heteroatoms. The number of nitrogens with zero attached hydrogens (tertiary/aromatic N) is 3. The molecule has 2 heterocycles. The van der Waals surface area contributed by atoms with Crippen molar-refractivity contribution in [3.8, 4) is 6.07 Å². The first-order valence-corrected chi connectivity index (χ1v) is 11.0. The van der Waals surface area contributed by atoms with Gasteiger partial charge in [0.05, 0.1) is 11.7 Å². The Hall–Kier alpha value is -1.16. The zero-order valence-corrected chi connectivity index (χ0v) is 14.6. The van der Waals surface area contributed by atoms with Crippen molar-refractivity contribution in [2.24, 2.45) is 0 Å². The fourth-order valence-electron chi connectivity index (χ4n) is 1.90. The van der Waals surface area contributed by atoms with Gasteiger partial charge in [-0.3, -0.25) is 0 Å². The summed E-state index contributed by atoms with van der Waals surface area (Å²) in [5, 5.41) is 10.2. The van der Waals surface area contributed by atoms with Crippen LogP contribution in [0.5, 0.6) is 0 Å². The molecule has 0 amide bonds.